The van der Waals surface area contributed by atoms with Crippen molar-refractivity contribution >= 4 is 24.8 Å². The Labute approximate surface area is 154 Å². The molecule has 2 N–H and O–H groups in total. The molecule has 0 aliphatic carbocycles. The van der Waals surface area contributed by atoms with E-state index in [9.17, 15) is 14.6 Å². The highest BCUT2D eigenvalue weighted by Gasteiger charge is 2.52. The molecule has 5 heterocycles. The highest BCUT2D eigenvalue weighted by Crippen LogP contribution is 2.52. The molecule has 11 nitrogen and oxygen atoms in total. The fraction of sp³-hybridized carbons (Fsp3) is 0.667. The molecule has 2 aromatic rings. The zero-order chi connectivity index (χ0) is 18.6. The van der Waals surface area contributed by atoms with Crippen molar-refractivity contribution in [3.05, 3.63) is 12.7 Å². The largest absolute Gasteiger partial charge is 0.472 e. The number of aliphatic hydroxyl groups excluding tert-OH is 1. The number of ether oxygens (including phenoxy) is 1. The van der Waals surface area contributed by atoms with Crippen LogP contribution in [0.25, 0.3) is 11.2 Å². The Morgan fingerprint density at radius 1 is 1.19 bits per heavy atom. The molecular formula is C15H20N5O6P. The maximum atomic E-state index is 11.6. The maximum absolute atomic E-state index is 11.6. The van der Waals surface area contributed by atoms with E-state index in [1.54, 1.807) is 4.57 Å². The van der Waals surface area contributed by atoms with Crippen molar-refractivity contribution in [2.24, 2.45) is 0 Å². The molecule has 1 unspecified atom stereocenters. The van der Waals surface area contributed by atoms with E-state index in [0.717, 1.165) is 31.7 Å². The van der Waals surface area contributed by atoms with Crippen LogP contribution in [-0.2, 0) is 18.3 Å². The molecule has 0 bridgehead atoms. The fourth-order valence-electron chi connectivity index (χ4n) is 3.93. The van der Waals surface area contributed by atoms with Crippen LogP contribution in [0.4, 0.5) is 5.82 Å². The SMILES string of the molecule is O=P1(O)OC[C@H]2O[C@@H](n3cnc4c(N5CCCCC5)ncnc43)[C@H](O)[C@@H]2O1. The number of piperidine rings is 1. The van der Waals surface area contributed by atoms with E-state index in [2.05, 4.69) is 19.9 Å². The van der Waals surface area contributed by atoms with Gasteiger partial charge in [0.05, 0.1) is 12.9 Å². The number of anilines is 1. The van der Waals surface area contributed by atoms with Crippen molar-refractivity contribution in [2.75, 3.05) is 24.6 Å². The normalized spacial score (nSPS) is 36.9. The van der Waals surface area contributed by atoms with Crippen LogP contribution < -0.4 is 4.90 Å². The zero-order valence-corrected chi connectivity index (χ0v) is 15.3. The Kier molecular flexibility index (Phi) is 4.19. The Morgan fingerprint density at radius 3 is 2.81 bits per heavy atom. The quantitative estimate of drug-likeness (QED) is 0.694. The first-order valence-electron chi connectivity index (χ1n) is 8.95. The number of phosphoric ester groups is 1. The van der Waals surface area contributed by atoms with E-state index in [1.807, 2.05) is 0 Å². The van der Waals surface area contributed by atoms with Crippen LogP contribution in [0.2, 0.25) is 0 Å². The number of fused-ring (bicyclic) bond motifs is 2. The van der Waals surface area contributed by atoms with Crippen molar-refractivity contribution in [3.63, 3.8) is 0 Å². The van der Waals surface area contributed by atoms with Gasteiger partial charge in [-0.3, -0.25) is 13.6 Å². The first-order chi connectivity index (χ1) is 13.0. The number of aromatic nitrogens is 4. The van der Waals surface area contributed by atoms with Gasteiger partial charge in [0.1, 0.15) is 24.6 Å². The van der Waals surface area contributed by atoms with Gasteiger partial charge in [-0.15, -0.1) is 0 Å². The molecule has 3 saturated heterocycles. The lowest BCUT2D eigenvalue weighted by molar-refractivity contribution is -0.0664. The highest BCUT2D eigenvalue weighted by molar-refractivity contribution is 7.47. The summed E-state index contributed by atoms with van der Waals surface area (Å²) in [5.41, 5.74) is 1.16. The summed E-state index contributed by atoms with van der Waals surface area (Å²) < 4.78 is 28.9. The summed E-state index contributed by atoms with van der Waals surface area (Å²) in [4.78, 5) is 24.9. The fourth-order valence-corrected chi connectivity index (χ4v) is 4.89. The highest BCUT2D eigenvalue weighted by atomic mass is 31.2. The number of rotatable bonds is 2. The van der Waals surface area contributed by atoms with Gasteiger partial charge in [0.25, 0.3) is 0 Å². The summed E-state index contributed by atoms with van der Waals surface area (Å²) in [5.74, 6) is 0.766. The lowest BCUT2D eigenvalue weighted by atomic mass is 10.1. The Hall–Kier alpha value is -1.62. The minimum Gasteiger partial charge on any atom is -0.386 e. The van der Waals surface area contributed by atoms with Gasteiger partial charge < -0.3 is 19.6 Å². The smallest absolute Gasteiger partial charge is 0.386 e. The van der Waals surface area contributed by atoms with Crippen molar-refractivity contribution < 1.29 is 28.3 Å². The van der Waals surface area contributed by atoms with Crippen LogP contribution in [0, 0.1) is 0 Å². The van der Waals surface area contributed by atoms with Gasteiger partial charge in [-0.25, -0.2) is 19.5 Å². The molecule has 3 fully saturated rings. The molecule has 3 aliphatic rings. The first-order valence-corrected chi connectivity index (χ1v) is 10.4. The zero-order valence-electron chi connectivity index (χ0n) is 14.4. The van der Waals surface area contributed by atoms with Gasteiger partial charge in [-0.2, -0.15) is 0 Å². The number of hydrogen-bond acceptors (Lipinski definition) is 9. The maximum Gasteiger partial charge on any atom is 0.472 e. The monoisotopic (exact) mass is 397 g/mol. The van der Waals surface area contributed by atoms with Gasteiger partial charge >= 0.3 is 7.82 Å². The second kappa shape index (κ2) is 6.47. The summed E-state index contributed by atoms with van der Waals surface area (Å²) in [6, 6.07) is 0. The van der Waals surface area contributed by atoms with E-state index < -0.39 is 32.4 Å². The van der Waals surface area contributed by atoms with Crippen molar-refractivity contribution in [2.45, 2.75) is 43.8 Å². The molecule has 0 saturated carbocycles. The van der Waals surface area contributed by atoms with Crippen LogP contribution in [0.3, 0.4) is 0 Å². The number of nitrogens with zero attached hydrogens (tertiary/aromatic N) is 5. The van der Waals surface area contributed by atoms with Gasteiger partial charge in [0.2, 0.25) is 0 Å². The Bertz CT molecular complexity index is 902. The van der Waals surface area contributed by atoms with Crippen molar-refractivity contribution in [1.29, 1.82) is 0 Å². The third kappa shape index (κ3) is 2.95. The molecule has 0 radical (unpaired) electrons. The second-order valence-electron chi connectivity index (χ2n) is 6.96. The average Bonchev–Trinajstić information content (AvgIpc) is 3.23. The molecule has 5 atom stereocenters. The topological polar surface area (TPSA) is 132 Å². The minimum absolute atomic E-state index is 0.132. The summed E-state index contributed by atoms with van der Waals surface area (Å²) >= 11 is 0. The molecule has 5 rings (SSSR count). The van der Waals surface area contributed by atoms with E-state index in [1.165, 1.54) is 19.1 Å². The lowest BCUT2D eigenvalue weighted by Crippen LogP contribution is -2.39. The summed E-state index contributed by atoms with van der Waals surface area (Å²) in [6.45, 7) is 1.71. The summed E-state index contributed by atoms with van der Waals surface area (Å²) in [7, 11) is -4.17. The van der Waals surface area contributed by atoms with E-state index in [-0.39, 0.29) is 6.61 Å². The van der Waals surface area contributed by atoms with Gasteiger partial charge in [0.15, 0.2) is 23.2 Å². The predicted octanol–water partition coefficient (Wildman–Crippen LogP) is 0.591. The van der Waals surface area contributed by atoms with E-state index >= 15 is 0 Å². The number of hydrogen-bond donors (Lipinski definition) is 2. The van der Waals surface area contributed by atoms with E-state index in [0.29, 0.717) is 11.2 Å². The molecule has 3 aliphatic heterocycles. The standard InChI is InChI=1S/C15H20N5O6P/c21-11-12-9(6-24-27(22,23)26-12)25-15(11)20-8-18-10-13(16-7-17-14(10)20)19-4-2-1-3-5-19/h7-9,11-12,15,21H,1-6H2,(H,22,23)/t9-,11-,12-,15-/m1/s1. The first kappa shape index (κ1) is 17.5. The average molecular weight is 397 g/mol. The van der Waals surface area contributed by atoms with Gasteiger partial charge in [-0.05, 0) is 19.3 Å². The Morgan fingerprint density at radius 2 is 2.00 bits per heavy atom. The summed E-state index contributed by atoms with van der Waals surface area (Å²) in [6.07, 6.45) is 2.82. The van der Waals surface area contributed by atoms with Crippen LogP contribution in [0.1, 0.15) is 25.5 Å². The molecule has 0 spiro atoms. The molecule has 0 aromatic carbocycles. The van der Waals surface area contributed by atoms with Gasteiger partial charge in [0, 0.05) is 13.1 Å². The molecule has 27 heavy (non-hydrogen) atoms. The third-order valence-electron chi connectivity index (χ3n) is 5.24. The van der Waals surface area contributed by atoms with Crippen molar-refractivity contribution in [1.82, 2.24) is 19.5 Å². The molecular weight excluding hydrogens is 377 g/mol. The van der Waals surface area contributed by atoms with Crippen LogP contribution in [0.15, 0.2) is 12.7 Å². The Balaban J connectivity index is 1.48. The molecule has 146 valence electrons. The number of phosphoric acid groups is 1. The van der Waals surface area contributed by atoms with E-state index in [4.69, 9.17) is 13.8 Å². The molecule has 12 heteroatoms. The minimum atomic E-state index is -4.17. The van der Waals surface area contributed by atoms with Crippen molar-refractivity contribution in [3.8, 4) is 0 Å². The molecule has 2 aromatic heterocycles. The molecule has 0 amide bonds. The lowest BCUT2D eigenvalue weighted by Gasteiger charge is -2.28. The second-order valence-corrected chi connectivity index (χ2v) is 8.37. The van der Waals surface area contributed by atoms with Crippen LogP contribution in [-0.4, -0.2) is 67.5 Å². The number of aliphatic hydroxyl groups is 1. The van der Waals surface area contributed by atoms with Crippen LogP contribution >= 0.6 is 7.82 Å². The van der Waals surface area contributed by atoms with Gasteiger partial charge in [-0.1, -0.05) is 0 Å². The third-order valence-corrected chi connectivity index (χ3v) is 6.22. The predicted molar refractivity (Wildman–Crippen MR) is 92.0 cm³/mol. The summed E-state index contributed by atoms with van der Waals surface area (Å²) in [5, 5.41) is 10.6. The van der Waals surface area contributed by atoms with Crippen LogP contribution in [0.5, 0.6) is 0 Å². The number of imidazole rings is 1.